The van der Waals surface area contributed by atoms with Gasteiger partial charge in [-0.25, -0.2) is 0 Å². The summed E-state index contributed by atoms with van der Waals surface area (Å²) in [7, 11) is 0. The Kier molecular flexibility index (Phi) is 3.25. The Morgan fingerprint density at radius 2 is 2.26 bits per heavy atom. The number of carbonyl (C=O) groups excluding carboxylic acids is 1. The van der Waals surface area contributed by atoms with E-state index in [1.54, 1.807) is 0 Å². The normalized spacial score (nSPS) is 22.8. The fourth-order valence-electron chi connectivity index (χ4n) is 2.77. The summed E-state index contributed by atoms with van der Waals surface area (Å²) in [5.74, 6) is 0.133. The lowest BCUT2D eigenvalue weighted by molar-refractivity contribution is 0.0917. The molecule has 0 radical (unpaired) electrons. The molecule has 3 rings (SSSR count). The van der Waals surface area contributed by atoms with Gasteiger partial charge in [-0.3, -0.25) is 4.79 Å². The molecule has 0 saturated heterocycles. The van der Waals surface area contributed by atoms with Gasteiger partial charge in [0.15, 0.2) is 0 Å². The first-order valence-electron chi connectivity index (χ1n) is 6.77. The van der Waals surface area contributed by atoms with Gasteiger partial charge in [-0.05, 0) is 36.4 Å². The predicted octanol–water partition coefficient (Wildman–Crippen LogP) is 2.06. The van der Waals surface area contributed by atoms with Crippen LogP contribution in [-0.4, -0.2) is 28.6 Å². The fourth-order valence-corrected chi connectivity index (χ4v) is 2.77. The summed E-state index contributed by atoms with van der Waals surface area (Å²) >= 11 is 0. The predicted molar refractivity (Wildman–Crippen MR) is 74.0 cm³/mol. The molecule has 1 heterocycles. The summed E-state index contributed by atoms with van der Waals surface area (Å²) in [5.41, 5.74) is 1.62. The fraction of sp³-hybridized carbons (Fsp3) is 0.400. The van der Waals surface area contributed by atoms with Gasteiger partial charge in [0.1, 0.15) is 0 Å². The van der Waals surface area contributed by atoms with E-state index in [1.807, 2.05) is 30.5 Å². The van der Waals surface area contributed by atoms with Crippen LogP contribution in [0, 0.1) is 5.92 Å². The number of benzene rings is 1. The number of aliphatic hydroxyl groups is 1. The minimum absolute atomic E-state index is 0.0735. The third-order valence-corrected chi connectivity index (χ3v) is 3.96. The van der Waals surface area contributed by atoms with Crippen LogP contribution in [0.4, 0.5) is 0 Å². The molecule has 1 fully saturated rings. The number of nitrogens with one attached hydrogen (secondary N) is 2. The second-order valence-electron chi connectivity index (χ2n) is 5.25. The first kappa shape index (κ1) is 12.2. The molecule has 19 heavy (non-hydrogen) atoms. The smallest absolute Gasteiger partial charge is 0.251 e. The summed E-state index contributed by atoms with van der Waals surface area (Å²) in [6, 6.07) is 7.60. The van der Waals surface area contributed by atoms with Crippen molar-refractivity contribution in [1.82, 2.24) is 10.3 Å². The molecule has 2 atom stereocenters. The Morgan fingerprint density at radius 1 is 1.37 bits per heavy atom. The highest BCUT2D eigenvalue weighted by Crippen LogP contribution is 2.24. The molecule has 1 aromatic carbocycles. The van der Waals surface area contributed by atoms with Crippen molar-refractivity contribution >= 4 is 16.8 Å². The molecule has 1 aliphatic carbocycles. The zero-order chi connectivity index (χ0) is 13.2. The van der Waals surface area contributed by atoms with Gasteiger partial charge in [0, 0.05) is 29.7 Å². The van der Waals surface area contributed by atoms with Gasteiger partial charge < -0.3 is 15.4 Å². The second-order valence-corrected chi connectivity index (χ2v) is 5.25. The molecule has 3 N–H and O–H groups in total. The molecule has 100 valence electrons. The van der Waals surface area contributed by atoms with E-state index in [0.717, 1.165) is 30.2 Å². The van der Waals surface area contributed by atoms with Crippen molar-refractivity contribution in [3.63, 3.8) is 0 Å². The van der Waals surface area contributed by atoms with Crippen LogP contribution in [0.1, 0.15) is 29.6 Å². The number of carbonyl (C=O) groups is 1. The topological polar surface area (TPSA) is 65.1 Å². The number of aliphatic hydroxyl groups excluding tert-OH is 1. The molecular weight excluding hydrogens is 240 g/mol. The lowest BCUT2D eigenvalue weighted by Gasteiger charge is -2.15. The van der Waals surface area contributed by atoms with Crippen LogP contribution in [0.25, 0.3) is 10.9 Å². The van der Waals surface area contributed by atoms with Crippen molar-refractivity contribution < 1.29 is 9.90 Å². The van der Waals surface area contributed by atoms with Crippen LogP contribution >= 0.6 is 0 Å². The SMILES string of the molecule is O=C(NCC1CCCC1O)c1ccc2cc[nH]c2c1. The molecular formula is C15H18N2O2. The zero-order valence-corrected chi connectivity index (χ0v) is 10.7. The van der Waals surface area contributed by atoms with Crippen molar-refractivity contribution in [3.05, 3.63) is 36.0 Å². The molecule has 1 saturated carbocycles. The number of amides is 1. The van der Waals surface area contributed by atoms with Crippen molar-refractivity contribution in [2.24, 2.45) is 5.92 Å². The number of aromatic nitrogens is 1. The lowest BCUT2D eigenvalue weighted by Crippen LogP contribution is -2.32. The van der Waals surface area contributed by atoms with Crippen molar-refractivity contribution in [2.45, 2.75) is 25.4 Å². The van der Waals surface area contributed by atoms with E-state index in [2.05, 4.69) is 10.3 Å². The number of rotatable bonds is 3. The number of hydrogen-bond acceptors (Lipinski definition) is 2. The molecule has 2 unspecified atom stereocenters. The van der Waals surface area contributed by atoms with Gasteiger partial charge in [0.2, 0.25) is 0 Å². The molecule has 1 aromatic heterocycles. The largest absolute Gasteiger partial charge is 0.393 e. The third-order valence-electron chi connectivity index (χ3n) is 3.96. The Bertz CT molecular complexity index is 591. The lowest BCUT2D eigenvalue weighted by atomic mass is 10.1. The van der Waals surface area contributed by atoms with E-state index >= 15 is 0 Å². The molecule has 2 aromatic rings. The standard InChI is InChI=1S/C15H18N2O2/c18-14-3-1-2-12(14)9-17-15(19)11-5-4-10-6-7-16-13(10)8-11/h4-8,12,14,16,18H,1-3,9H2,(H,17,19). The van der Waals surface area contributed by atoms with Crippen LogP contribution in [0.3, 0.4) is 0 Å². The van der Waals surface area contributed by atoms with Crippen LogP contribution in [0.5, 0.6) is 0 Å². The van der Waals surface area contributed by atoms with Crippen LogP contribution < -0.4 is 5.32 Å². The average molecular weight is 258 g/mol. The highest BCUT2D eigenvalue weighted by atomic mass is 16.3. The van der Waals surface area contributed by atoms with Gasteiger partial charge in [-0.2, -0.15) is 0 Å². The summed E-state index contributed by atoms with van der Waals surface area (Å²) in [6.07, 6.45) is 4.51. The van der Waals surface area contributed by atoms with E-state index < -0.39 is 0 Å². The first-order chi connectivity index (χ1) is 9.24. The molecule has 0 spiro atoms. The highest BCUT2D eigenvalue weighted by molar-refractivity contribution is 5.97. The van der Waals surface area contributed by atoms with E-state index in [-0.39, 0.29) is 17.9 Å². The Labute approximate surface area is 111 Å². The summed E-state index contributed by atoms with van der Waals surface area (Å²) in [5, 5.41) is 13.7. The van der Waals surface area contributed by atoms with E-state index in [0.29, 0.717) is 12.1 Å². The van der Waals surface area contributed by atoms with Crippen LogP contribution in [-0.2, 0) is 0 Å². The summed E-state index contributed by atoms with van der Waals surface area (Å²) in [4.78, 5) is 15.2. The molecule has 4 heteroatoms. The van der Waals surface area contributed by atoms with E-state index in [9.17, 15) is 9.90 Å². The van der Waals surface area contributed by atoms with Crippen molar-refractivity contribution in [2.75, 3.05) is 6.54 Å². The van der Waals surface area contributed by atoms with Crippen LogP contribution in [0.15, 0.2) is 30.5 Å². The van der Waals surface area contributed by atoms with Gasteiger partial charge in [0.05, 0.1) is 6.10 Å². The van der Waals surface area contributed by atoms with Gasteiger partial charge in [-0.1, -0.05) is 12.5 Å². The first-order valence-corrected chi connectivity index (χ1v) is 6.77. The minimum atomic E-state index is -0.258. The van der Waals surface area contributed by atoms with E-state index in [1.165, 1.54) is 0 Å². The summed E-state index contributed by atoms with van der Waals surface area (Å²) < 4.78 is 0. The van der Waals surface area contributed by atoms with Crippen molar-refractivity contribution in [3.8, 4) is 0 Å². The molecule has 1 amide bonds. The minimum Gasteiger partial charge on any atom is -0.393 e. The number of aromatic amines is 1. The van der Waals surface area contributed by atoms with E-state index in [4.69, 9.17) is 0 Å². The number of H-pyrrole nitrogens is 1. The number of hydrogen-bond donors (Lipinski definition) is 3. The van der Waals surface area contributed by atoms with Gasteiger partial charge >= 0.3 is 0 Å². The third kappa shape index (κ3) is 2.49. The monoisotopic (exact) mass is 258 g/mol. The van der Waals surface area contributed by atoms with Crippen molar-refractivity contribution in [1.29, 1.82) is 0 Å². The van der Waals surface area contributed by atoms with Gasteiger partial charge in [-0.15, -0.1) is 0 Å². The second kappa shape index (κ2) is 5.05. The quantitative estimate of drug-likeness (QED) is 0.789. The maximum absolute atomic E-state index is 12.1. The van der Waals surface area contributed by atoms with Gasteiger partial charge in [0.25, 0.3) is 5.91 Å². The average Bonchev–Trinajstić information content (AvgIpc) is 3.03. The molecule has 1 aliphatic rings. The van der Waals surface area contributed by atoms with Crippen LogP contribution in [0.2, 0.25) is 0 Å². The zero-order valence-electron chi connectivity index (χ0n) is 10.7. The maximum Gasteiger partial charge on any atom is 0.251 e. The Hall–Kier alpha value is -1.81. The maximum atomic E-state index is 12.1. The highest BCUT2D eigenvalue weighted by Gasteiger charge is 2.25. The molecule has 4 nitrogen and oxygen atoms in total. The Balaban J connectivity index is 1.66. The molecule has 0 aliphatic heterocycles. The Morgan fingerprint density at radius 3 is 3.05 bits per heavy atom. The molecule has 0 bridgehead atoms. The summed E-state index contributed by atoms with van der Waals surface area (Å²) in [6.45, 7) is 0.558. The number of fused-ring (bicyclic) bond motifs is 1.